The van der Waals surface area contributed by atoms with E-state index in [1.807, 2.05) is 19.1 Å². The molecule has 0 amide bonds. The van der Waals surface area contributed by atoms with Gasteiger partial charge >= 0.3 is 0 Å². The first kappa shape index (κ1) is 11.0. The Morgan fingerprint density at radius 3 is 2.94 bits per heavy atom. The fourth-order valence-electron chi connectivity index (χ4n) is 1.57. The van der Waals surface area contributed by atoms with E-state index in [4.69, 9.17) is 0 Å². The van der Waals surface area contributed by atoms with Crippen molar-refractivity contribution in [3.8, 4) is 11.8 Å². The van der Waals surface area contributed by atoms with Gasteiger partial charge in [-0.3, -0.25) is 0 Å². The van der Waals surface area contributed by atoms with E-state index in [-0.39, 0.29) is 0 Å². The second-order valence-corrected chi connectivity index (χ2v) is 4.51. The molecule has 0 fully saturated rings. The van der Waals surface area contributed by atoms with Crippen molar-refractivity contribution < 1.29 is 0 Å². The summed E-state index contributed by atoms with van der Waals surface area (Å²) >= 11 is 1.69. The third kappa shape index (κ3) is 2.37. The maximum atomic E-state index is 4.60. The van der Waals surface area contributed by atoms with E-state index in [0.717, 1.165) is 16.3 Å². The average molecular weight is 227 g/mol. The van der Waals surface area contributed by atoms with Crippen molar-refractivity contribution in [2.45, 2.75) is 18.9 Å². The molecule has 0 saturated heterocycles. The molecule has 0 N–H and O–H groups in total. The van der Waals surface area contributed by atoms with Crippen LogP contribution in [0.3, 0.4) is 0 Å². The maximum Gasteiger partial charge on any atom is 0.0979 e. The first-order valence-electron chi connectivity index (χ1n) is 5.20. The molecule has 0 aliphatic carbocycles. The highest BCUT2D eigenvalue weighted by molar-refractivity contribution is 7.99. The number of aryl methyl sites for hydroxylation is 1. The Bertz CT molecular complexity index is 564. The predicted octanol–water partition coefficient (Wildman–Crippen LogP) is 3.66. The van der Waals surface area contributed by atoms with Crippen molar-refractivity contribution >= 4 is 22.7 Å². The number of rotatable bonds is 2. The van der Waals surface area contributed by atoms with E-state index in [2.05, 4.69) is 41.9 Å². The van der Waals surface area contributed by atoms with E-state index >= 15 is 0 Å². The third-order valence-electron chi connectivity index (χ3n) is 2.37. The largest absolute Gasteiger partial charge is 0.241 e. The van der Waals surface area contributed by atoms with Crippen LogP contribution in [-0.4, -0.2) is 10.7 Å². The zero-order valence-corrected chi connectivity index (χ0v) is 10.3. The molecular weight excluding hydrogens is 214 g/mol. The normalized spacial score (nSPS) is 9.88. The van der Waals surface area contributed by atoms with Crippen molar-refractivity contribution in [3.05, 3.63) is 35.9 Å². The molecule has 80 valence electrons. The SMILES string of the molecule is CC#CCSc1cc(C)c2ccccc2n1. The van der Waals surface area contributed by atoms with Crippen LogP contribution in [-0.2, 0) is 0 Å². The van der Waals surface area contributed by atoms with Crippen LogP contribution in [0.5, 0.6) is 0 Å². The summed E-state index contributed by atoms with van der Waals surface area (Å²) < 4.78 is 0. The van der Waals surface area contributed by atoms with Crippen LogP contribution in [0.25, 0.3) is 10.9 Å². The van der Waals surface area contributed by atoms with Gasteiger partial charge in [0.05, 0.1) is 16.3 Å². The summed E-state index contributed by atoms with van der Waals surface area (Å²) in [5.74, 6) is 6.74. The minimum atomic E-state index is 0.807. The molecule has 0 bridgehead atoms. The number of para-hydroxylation sites is 1. The van der Waals surface area contributed by atoms with Gasteiger partial charge in [0.2, 0.25) is 0 Å². The lowest BCUT2D eigenvalue weighted by atomic mass is 10.1. The Balaban J connectivity index is 2.36. The lowest BCUT2D eigenvalue weighted by molar-refractivity contribution is 1.17. The monoisotopic (exact) mass is 227 g/mol. The maximum absolute atomic E-state index is 4.60. The molecule has 0 spiro atoms. The Labute approximate surface area is 100 Å². The van der Waals surface area contributed by atoms with Gasteiger partial charge in [-0.2, -0.15) is 0 Å². The fourth-order valence-corrected chi connectivity index (χ4v) is 2.36. The zero-order valence-electron chi connectivity index (χ0n) is 9.45. The topological polar surface area (TPSA) is 12.9 Å². The minimum absolute atomic E-state index is 0.807. The summed E-state index contributed by atoms with van der Waals surface area (Å²) in [7, 11) is 0. The van der Waals surface area contributed by atoms with Crippen molar-refractivity contribution in [2.75, 3.05) is 5.75 Å². The molecule has 1 heterocycles. The number of hydrogen-bond donors (Lipinski definition) is 0. The number of nitrogens with zero attached hydrogens (tertiary/aromatic N) is 1. The molecule has 2 rings (SSSR count). The molecule has 0 aliphatic heterocycles. The minimum Gasteiger partial charge on any atom is -0.241 e. The molecule has 1 aromatic carbocycles. The molecule has 1 aromatic heterocycles. The fraction of sp³-hybridized carbons (Fsp3) is 0.214. The van der Waals surface area contributed by atoms with Crippen LogP contribution in [0.4, 0.5) is 0 Å². The number of benzene rings is 1. The highest BCUT2D eigenvalue weighted by atomic mass is 32.2. The first-order chi connectivity index (χ1) is 7.81. The van der Waals surface area contributed by atoms with E-state index in [9.17, 15) is 0 Å². The smallest absolute Gasteiger partial charge is 0.0979 e. The number of hydrogen-bond acceptors (Lipinski definition) is 2. The van der Waals surface area contributed by atoms with Crippen LogP contribution in [0.2, 0.25) is 0 Å². The second kappa shape index (κ2) is 5.05. The number of thioether (sulfide) groups is 1. The average Bonchev–Trinajstić information content (AvgIpc) is 2.30. The second-order valence-electron chi connectivity index (χ2n) is 3.51. The summed E-state index contributed by atoms with van der Waals surface area (Å²) in [5, 5.41) is 2.28. The number of aromatic nitrogens is 1. The van der Waals surface area contributed by atoms with Crippen LogP contribution >= 0.6 is 11.8 Å². The Morgan fingerprint density at radius 2 is 2.12 bits per heavy atom. The quantitative estimate of drug-likeness (QED) is 0.573. The van der Waals surface area contributed by atoms with Crippen molar-refractivity contribution in [2.24, 2.45) is 0 Å². The Kier molecular flexibility index (Phi) is 3.48. The predicted molar refractivity (Wildman–Crippen MR) is 70.7 cm³/mol. The summed E-state index contributed by atoms with van der Waals surface area (Å²) in [5.41, 5.74) is 2.34. The molecule has 0 aliphatic rings. The van der Waals surface area contributed by atoms with Gasteiger partial charge in [-0.1, -0.05) is 35.9 Å². The summed E-state index contributed by atoms with van der Waals surface area (Å²) in [6.07, 6.45) is 0. The van der Waals surface area contributed by atoms with Crippen molar-refractivity contribution in [3.63, 3.8) is 0 Å². The molecule has 2 heteroatoms. The van der Waals surface area contributed by atoms with Gasteiger partial charge in [0.15, 0.2) is 0 Å². The van der Waals surface area contributed by atoms with E-state index < -0.39 is 0 Å². The molecule has 0 atom stereocenters. The number of fused-ring (bicyclic) bond motifs is 1. The third-order valence-corrected chi connectivity index (χ3v) is 3.16. The Morgan fingerprint density at radius 1 is 1.31 bits per heavy atom. The van der Waals surface area contributed by atoms with E-state index in [0.29, 0.717) is 0 Å². The van der Waals surface area contributed by atoms with Gasteiger partial charge in [-0.05, 0) is 31.5 Å². The van der Waals surface area contributed by atoms with Crippen LogP contribution in [0.15, 0.2) is 35.4 Å². The summed E-state index contributed by atoms with van der Waals surface area (Å²) in [4.78, 5) is 4.60. The van der Waals surface area contributed by atoms with Gasteiger partial charge in [0.1, 0.15) is 0 Å². The molecule has 0 unspecified atom stereocenters. The number of pyridine rings is 1. The lowest BCUT2D eigenvalue weighted by Gasteiger charge is -2.04. The van der Waals surface area contributed by atoms with Gasteiger partial charge < -0.3 is 0 Å². The molecule has 16 heavy (non-hydrogen) atoms. The summed E-state index contributed by atoms with van der Waals surface area (Å²) in [6, 6.07) is 10.4. The van der Waals surface area contributed by atoms with Crippen LogP contribution < -0.4 is 0 Å². The molecule has 0 saturated carbocycles. The molecule has 1 nitrogen and oxygen atoms in total. The van der Waals surface area contributed by atoms with Crippen LogP contribution in [0, 0.1) is 18.8 Å². The summed E-state index contributed by atoms with van der Waals surface area (Å²) in [6.45, 7) is 3.99. The lowest BCUT2D eigenvalue weighted by Crippen LogP contribution is -1.87. The Hall–Kier alpha value is -1.46. The van der Waals surface area contributed by atoms with Gasteiger partial charge in [-0.25, -0.2) is 4.98 Å². The standard InChI is InChI=1S/C14H13NS/c1-3-4-9-16-14-10-11(2)12-7-5-6-8-13(12)15-14/h5-8,10H,9H2,1-2H3. The van der Waals surface area contributed by atoms with Crippen molar-refractivity contribution in [1.29, 1.82) is 0 Å². The van der Waals surface area contributed by atoms with Crippen LogP contribution in [0.1, 0.15) is 12.5 Å². The van der Waals surface area contributed by atoms with Gasteiger partial charge in [0.25, 0.3) is 0 Å². The van der Waals surface area contributed by atoms with E-state index in [1.165, 1.54) is 10.9 Å². The first-order valence-corrected chi connectivity index (χ1v) is 6.18. The van der Waals surface area contributed by atoms with Crippen molar-refractivity contribution in [1.82, 2.24) is 4.98 Å². The van der Waals surface area contributed by atoms with Gasteiger partial charge in [0, 0.05) is 5.39 Å². The van der Waals surface area contributed by atoms with E-state index in [1.54, 1.807) is 11.8 Å². The molecule has 0 radical (unpaired) electrons. The molecular formula is C14H13NS. The molecule has 2 aromatic rings. The highest BCUT2D eigenvalue weighted by Crippen LogP contribution is 2.22. The zero-order chi connectivity index (χ0) is 11.4. The van der Waals surface area contributed by atoms with Gasteiger partial charge in [-0.15, -0.1) is 5.92 Å². The highest BCUT2D eigenvalue weighted by Gasteiger charge is 2.01.